The number of H-pyrrole nitrogens is 1. The van der Waals surface area contributed by atoms with Crippen LogP contribution in [0.25, 0.3) is 0 Å². The maximum absolute atomic E-state index is 10.4. The van der Waals surface area contributed by atoms with Crippen LogP contribution in [-0.2, 0) is 6.42 Å². The standard InChI is InChI=1S/C6H10N4O2/c1-4(7)2-5-6(10(11)12)3-8-9-5/h3-4H,2,7H2,1H3,(H,8,9)/t4-/m0/s1. The number of nitrogens with two attached hydrogens (primary N) is 1. The fourth-order valence-corrected chi connectivity index (χ4v) is 0.936. The van der Waals surface area contributed by atoms with Crippen molar-refractivity contribution < 1.29 is 4.92 Å². The first kappa shape index (κ1) is 8.66. The van der Waals surface area contributed by atoms with Gasteiger partial charge in [-0.2, -0.15) is 5.10 Å². The van der Waals surface area contributed by atoms with Gasteiger partial charge in [0, 0.05) is 12.5 Å². The summed E-state index contributed by atoms with van der Waals surface area (Å²) in [4.78, 5) is 9.90. The van der Waals surface area contributed by atoms with E-state index in [1.807, 2.05) is 0 Å². The fraction of sp³-hybridized carbons (Fsp3) is 0.500. The Labute approximate surface area is 68.9 Å². The van der Waals surface area contributed by atoms with E-state index in [-0.39, 0.29) is 11.7 Å². The van der Waals surface area contributed by atoms with Crippen LogP contribution in [0.1, 0.15) is 12.6 Å². The van der Waals surface area contributed by atoms with Gasteiger partial charge in [0.15, 0.2) is 0 Å². The first-order valence-corrected chi connectivity index (χ1v) is 3.53. The first-order chi connectivity index (χ1) is 5.61. The van der Waals surface area contributed by atoms with Crippen LogP contribution in [0.5, 0.6) is 0 Å². The summed E-state index contributed by atoms with van der Waals surface area (Å²) in [6.07, 6.45) is 1.63. The molecule has 0 saturated heterocycles. The van der Waals surface area contributed by atoms with Gasteiger partial charge in [-0.15, -0.1) is 0 Å². The Morgan fingerprint density at radius 1 is 1.92 bits per heavy atom. The molecule has 1 rings (SSSR count). The van der Waals surface area contributed by atoms with Crippen LogP contribution in [0.15, 0.2) is 6.20 Å². The van der Waals surface area contributed by atoms with E-state index in [9.17, 15) is 10.1 Å². The zero-order valence-electron chi connectivity index (χ0n) is 6.65. The van der Waals surface area contributed by atoms with Crippen LogP contribution in [0.3, 0.4) is 0 Å². The number of nitrogens with one attached hydrogen (secondary N) is 1. The van der Waals surface area contributed by atoms with E-state index in [1.165, 1.54) is 6.20 Å². The normalized spacial score (nSPS) is 12.8. The number of nitrogens with zero attached hydrogens (tertiary/aromatic N) is 2. The second-order valence-corrected chi connectivity index (χ2v) is 2.67. The monoisotopic (exact) mass is 170 g/mol. The van der Waals surface area contributed by atoms with Crippen LogP contribution in [0.2, 0.25) is 0 Å². The average molecular weight is 170 g/mol. The molecule has 6 heteroatoms. The number of hydrogen-bond acceptors (Lipinski definition) is 4. The minimum absolute atomic E-state index is 0.00676. The van der Waals surface area contributed by atoms with Crippen molar-refractivity contribution in [2.24, 2.45) is 5.73 Å². The summed E-state index contributed by atoms with van der Waals surface area (Å²) in [5.41, 5.74) is 5.97. The van der Waals surface area contributed by atoms with Gasteiger partial charge in [0.1, 0.15) is 11.9 Å². The van der Waals surface area contributed by atoms with E-state index in [0.717, 1.165) is 0 Å². The molecule has 0 saturated carbocycles. The molecular formula is C6H10N4O2. The molecule has 0 bridgehead atoms. The molecule has 0 radical (unpaired) electrons. The molecule has 0 aliphatic heterocycles. The Hall–Kier alpha value is -1.43. The van der Waals surface area contributed by atoms with Crippen molar-refractivity contribution in [2.75, 3.05) is 0 Å². The lowest BCUT2D eigenvalue weighted by atomic mass is 10.2. The van der Waals surface area contributed by atoms with Gasteiger partial charge in [-0.05, 0) is 6.92 Å². The quantitative estimate of drug-likeness (QED) is 0.500. The van der Waals surface area contributed by atoms with Crippen molar-refractivity contribution in [3.8, 4) is 0 Å². The van der Waals surface area contributed by atoms with Crippen molar-refractivity contribution in [1.29, 1.82) is 0 Å². The minimum atomic E-state index is -0.471. The molecule has 0 aliphatic rings. The van der Waals surface area contributed by atoms with Gasteiger partial charge in [0.05, 0.1) is 4.92 Å². The third kappa shape index (κ3) is 1.79. The van der Waals surface area contributed by atoms with Gasteiger partial charge >= 0.3 is 5.69 Å². The van der Waals surface area contributed by atoms with Gasteiger partial charge in [-0.25, -0.2) is 0 Å². The SMILES string of the molecule is C[C@H](N)Cc1[nH]ncc1[N+](=O)[O-]. The number of aromatic nitrogens is 2. The Bertz CT molecular complexity index is 281. The van der Waals surface area contributed by atoms with Crippen LogP contribution in [-0.4, -0.2) is 21.2 Å². The molecule has 12 heavy (non-hydrogen) atoms. The molecule has 0 amide bonds. The lowest BCUT2D eigenvalue weighted by Crippen LogP contribution is -2.18. The van der Waals surface area contributed by atoms with Crippen LogP contribution < -0.4 is 5.73 Å². The topological polar surface area (TPSA) is 97.8 Å². The lowest BCUT2D eigenvalue weighted by molar-refractivity contribution is -0.385. The molecule has 0 aliphatic carbocycles. The largest absolute Gasteiger partial charge is 0.328 e. The minimum Gasteiger partial charge on any atom is -0.328 e. The molecule has 0 spiro atoms. The highest BCUT2D eigenvalue weighted by atomic mass is 16.6. The second kappa shape index (κ2) is 3.31. The van der Waals surface area contributed by atoms with Gasteiger partial charge in [-0.1, -0.05) is 0 Å². The van der Waals surface area contributed by atoms with Crippen LogP contribution >= 0.6 is 0 Å². The van der Waals surface area contributed by atoms with Crippen molar-refractivity contribution in [1.82, 2.24) is 10.2 Å². The number of rotatable bonds is 3. The zero-order chi connectivity index (χ0) is 9.14. The third-order valence-electron chi connectivity index (χ3n) is 1.42. The molecule has 6 nitrogen and oxygen atoms in total. The van der Waals surface area contributed by atoms with E-state index >= 15 is 0 Å². The Kier molecular flexibility index (Phi) is 2.39. The van der Waals surface area contributed by atoms with Crippen molar-refractivity contribution in [2.45, 2.75) is 19.4 Å². The molecule has 1 heterocycles. The maximum Gasteiger partial charge on any atom is 0.309 e. The van der Waals surface area contributed by atoms with Gasteiger partial charge in [-0.3, -0.25) is 15.2 Å². The second-order valence-electron chi connectivity index (χ2n) is 2.67. The summed E-state index contributed by atoms with van der Waals surface area (Å²) in [6.45, 7) is 1.78. The first-order valence-electron chi connectivity index (χ1n) is 3.53. The summed E-state index contributed by atoms with van der Waals surface area (Å²) >= 11 is 0. The molecule has 3 N–H and O–H groups in total. The zero-order valence-corrected chi connectivity index (χ0v) is 6.65. The number of aromatic amines is 1. The molecule has 1 aromatic rings. The van der Waals surface area contributed by atoms with E-state index in [1.54, 1.807) is 6.92 Å². The highest BCUT2D eigenvalue weighted by Crippen LogP contribution is 2.15. The van der Waals surface area contributed by atoms with E-state index in [4.69, 9.17) is 5.73 Å². The van der Waals surface area contributed by atoms with Gasteiger partial charge in [0.25, 0.3) is 0 Å². The molecular weight excluding hydrogens is 160 g/mol. The molecule has 1 atom stereocenters. The van der Waals surface area contributed by atoms with Gasteiger partial charge < -0.3 is 5.73 Å². The summed E-state index contributed by atoms with van der Waals surface area (Å²) < 4.78 is 0. The lowest BCUT2D eigenvalue weighted by Gasteiger charge is -2.00. The molecule has 0 aromatic carbocycles. The van der Waals surface area contributed by atoms with E-state index in [2.05, 4.69) is 10.2 Å². The Balaban J connectivity index is 2.84. The average Bonchev–Trinajstić information content (AvgIpc) is 2.33. The third-order valence-corrected chi connectivity index (χ3v) is 1.42. The Morgan fingerprint density at radius 2 is 2.58 bits per heavy atom. The highest BCUT2D eigenvalue weighted by molar-refractivity contribution is 5.32. The Morgan fingerprint density at radius 3 is 3.08 bits per heavy atom. The number of hydrogen-bond donors (Lipinski definition) is 2. The number of nitro groups is 1. The van der Waals surface area contributed by atoms with Crippen molar-refractivity contribution in [3.05, 3.63) is 22.0 Å². The fourth-order valence-electron chi connectivity index (χ4n) is 0.936. The van der Waals surface area contributed by atoms with Crippen LogP contribution in [0, 0.1) is 10.1 Å². The van der Waals surface area contributed by atoms with Crippen LogP contribution in [0.4, 0.5) is 5.69 Å². The summed E-state index contributed by atoms with van der Waals surface area (Å²) in [5.74, 6) is 0. The van der Waals surface area contributed by atoms with Gasteiger partial charge in [0.2, 0.25) is 0 Å². The predicted octanol–water partition coefficient (Wildman–Crippen LogP) is 0.208. The highest BCUT2D eigenvalue weighted by Gasteiger charge is 2.16. The predicted molar refractivity (Wildman–Crippen MR) is 42.6 cm³/mol. The summed E-state index contributed by atoms with van der Waals surface area (Å²) in [5, 5.41) is 16.5. The molecule has 0 unspecified atom stereocenters. The van der Waals surface area contributed by atoms with Crippen molar-refractivity contribution >= 4 is 5.69 Å². The smallest absolute Gasteiger partial charge is 0.309 e. The molecule has 0 fully saturated rings. The molecule has 1 aromatic heterocycles. The summed E-state index contributed by atoms with van der Waals surface area (Å²) in [6, 6.07) is -0.107. The summed E-state index contributed by atoms with van der Waals surface area (Å²) in [7, 11) is 0. The maximum atomic E-state index is 10.4. The van der Waals surface area contributed by atoms with E-state index in [0.29, 0.717) is 12.1 Å². The molecule has 66 valence electrons. The van der Waals surface area contributed by atoms with E-state index < -0.39 is 4.92 Å². The van der Waals surface area contributed by atoms with Crippen molar-refractivity contribution in [3.63, 3.8) is 0 Å².